The number of phenols is 1. The van der Waals surface area contributed by atoms with Gasteiger partial charge in [0.15, 0.2) is 11.6 Å². The quantitative estimate of drug-likeness (QED) is 0.379. The van der Waals surface area contributed by atoms with Crippen LogP contribution < -0.4 is 10.1 Å². The Labute approximate surface area is 186 Å². The van der Waals surface area contributed by atoms with Crippen molar-refractivity contribution in [1.82, 2.24) is 5.32 Å². The van der Waals surface area contributed by atoms with Crippen LogP contribution >= 0.6 is 15.9 Å². The number of halogens is 1. The number of phenolic OH excluding ortho intramolecular Hbond substituents is 1. The molecule has 4 aliphatic rings. The highest BCUT2D eigenvalue weighted by Crippen LogP contribution is 2.56. The Morgan fingerprint density at radius 1 is 1.13 bits per heavy atom. The van der Waals surface area contributed by atoms with Crippen molar-refractivity contribution in [2.24, 2.45) is 17.8 Å². The van der Waals surface area contributed by atoms with E-state index in [-0.39, 0.29) is 40.0 Å². The molecule has 0 unspecified atom stereocenters. The smallest absolute Gasteiger partial charge is 0.231 e. The molecule has 5 rings (SSSR count). The van der Waals surface area contributed by atoms with E-state index in [4.69, 9.17) is 4.74 Å². The van der Waals surface area contributed by atoms with Crippen molar-refractivity contribution in [2.75, 3.05) is 7.11 Å². The number of ketones is 2. The highest BCUT2D eigenvalue weighted by atomic mass is 79.9. The van der Waals surface area contributed by atoms with Crippen LogP contribution in [0.25, 0.3) is 0 Å². The van der Waals surface area contributed by atoms with Crippen molar-refractivity contribution in [1.29, 1.82) is 0 Å². The molecule has 3 aliphatic carbocycles. The van der Waals surface area contributed by atoms with E-state index in [0.717, 1.165) is 5.57 Å². The second-order valence-corrected chi connectivity index (χ2v) is 8.99. The number of hydrogen-bond donors (Lipinski definition) is 2. The SMILES string of the molecule is COc1cccc(O)c1[C@H]1C2=CC[C@@H]3C(=O)NC(=O)[C@@H]3[C@@H]2CC2=C1C(=O)C=C(Br)C2=O. The highest BCUT2D eigenvalue weighted by molar-refractivity contribution is 9.12. The van der Waals surface area contributed by atoms with Crippen LogP contribution in [0, 0.1) is 17.8 Å². The second kappa shape index (κ2) is 7.02. The molecule has 2 amide bonds. The van der Waals surface area contributed by atoms with Gasteiger partial charge in [-0.05, 0) is 46.8 Å². The fraction of sp³-hybridized carbons (Fsp3) is 0.304. The zero-order valence-electron chi connectivity index (χ0n) is 16.5. The minimum absolute atomic E-state index is 0.0688. The topological polar surface area (TPSA) is 110 Å². The normalized spacial score (nSPS) is 29.6. The van der Waals surface area contributed by atoms with E-state index in [1.54, 1.807) is 12.1 Å². The molecule has 0 bridgehead atoms. The van der Waals surface area contributed by atoms with Gasteiger partial charge in [-0.1, -0.05) is 17.7 Å². The van der Waals surface area contributed by atoms with Crippen LogP contribution in [-0.2, 0) is 19.2 Å². The van der Waals surface area contributed by atoms with Crippen molar-refractivity contribution >= 4 is 39.3 Å². The molecule has 31 heavy (non-hydrogen) atoms. The first-order chi connectivity index (χ1) is 14.8. The van der Waals surface area contributed by atoms with Crippen molar-refractivity contribution < 1.29 is 29.0 Å². The number of carbonyl (C=O) groups excluding carboxylic acids is 4. The molecule has 1 aliphatic heterocycles. The lowest BCUT2D eigenvalue weighted by molar-refractivity contribution is -0.126. The van der Waals surface area contributed by atoms with Gasteiger partial charge in [0.05, 0.1) is 23.4 Å². The number of benzene rings is 1. The predicted molar refractivity (Wildman–Crippen MR) is 112 cm³/mol. The molecule has 0 aromatic heterocycles. The molecule has 0 spiro atoms. The van der Waals surface area contributed by atoms with Gasteiger partial charge in [-0.2, -0.15) is 0 Å². The van der Waals surface area contributed by atoms with Crippen molar-refractivity contribution in [3.63, 3.8) is 0 Å². The third-order valence-corrected chi connectivity index (χ3v) is 7.31. The molecule has 158 valence electrons. The summed E-state index contributed by atoms with van der Waals surface area (Å²) in [4.78, 5) is 51.1. The average molecular weight is 484 g/mol. The average Bonchev–Trinajstić information content (AvgIpc) is 3.04. The zero-order chi connectivity index (χ0) is 22.0. The number of aromatic hydroxyl groups is 1. The summed E-state index contributed by atoms with van der Waals surface area (Å²) in [7, 11) is 1.46. The minimum atomic E-state index is -0.748. The first kappa shape index (κ1) is 19.9. The summed E-state index contributed by atoms with van der Waals surface area (Å²) < 4.78 is 5.64. The first-order valence-corrected chi connectivity index (χ1v) is 10.7. The van der Waals surface area contributed by atoms with Gasteiger partial charge in [-0.3, -0.25) is 24.5 Å². The van der Waals surface area contributed by atoms with Crippen LogP contribution in [0.2, 0.25) is 0 Å². The summed E-state index contributed by atoms with van der Waals surface area (Å²) in [5.41, 5.74) is 1.74. The Kier molecular flexibility index (Phi) is 4.51. The maximum Gasteiger partial charge on any atom is 0.231 e. The number of amides is 2. The molecule has 1 aromatic rings. The Bertz CT molecular complexity index is 1180. The van der Waals surface area contributed by atoms with Crippen molar-refractivity contribution in [3.05, 3.63) is 57.1 Å². The molecule has 7 nitrogen and oxygen atoms in total. The number of carbonyl (C=O) groups is 4. The molecule has 4 atom stereocenters. The lowest BCUT2D eigenvalue weighted by Crippen LogP contribution is -2.39. The molecule has 8 heteroatoms. The number of imide groups is 1. The summed E-state index contributed by atoms with van der Waals surface area (Å²) in [6.45, 7) is 0. The molecule has 0 radical (unpaired) electrons. The number of fused-ring (bicyclic) bond motifs is 3. The summed E-state index contributed by atoms with van der Waals surface area (Å²) in [5.74, 6) is -3.31. The molecule has 1 aromatic carbocycles. The van der Waals surface area contributed by atoms with E-state index in [1.165, 1.54) is 19.3 Å². The number of methoxy groups -OCH3 is 1. The van der Waals surface area contributed by atoms with Crippen LogP contribution in [0.15, 0.2) is 51.6 Å². The maximum absolute atomic E-state index is 13.1. The fourth-order valence-electron chi connectivity index (χ4n) is 5.45. The van der Waals surface area contributed by atoms with Crippen LogP contribution in [0.4, 0.5) is 0 Å². The summed E-state index contributed by atoms with van der Waals surface area (Å²) in [6.07, 6.45) is 3.67. The fourth-order valence-corrected chi connectivity index (χ4v) is 5.90. The Hall–Kier alpha value is -3.00. The van der Waals surface area contributed by atoms with E-state index in [1.807, 2.05) is 6.08 Å². The Balaban J connectivity index is 1.77. The van der Waals surface area contributed by atoms with Crippen LogP contribution in [0.5, 0.6) is 11.5 Å². The minimum Gasteiger partial charge on any atom is -0.507 e. The number of hydrogen-bond acceptors (Lipinski definition) is 6. The van der Waals surface area contributed by atoms with E-state index in [2.05, 4.69) is 21.2 Å². The number of Topliss-reactive ketones (excluding diaryl/α,β-unsaturated/α-hetero) is 1. The van der Waals surface area contributed by atoms with Crippen LogP contribution in [0.3, 0.4) is 0 Å². The van der Waals surface area contributed by atoms with Gasteiger partial charge < -0.3 is 9.84 Å². The van der Waals surface area contributed by atoms with Gasteiger partial charge in [0.2, 0.25) is 11.8 Å². The third kappa shape index (κ3) is 2.77. The maximum atomic E-state index is 13.1. The van der Waals surface area contributed by atoms with Gasteiger partial charge in [0.25, 0.3) is 0 Å². The lowest BCUT2D eigenvalue weighted by Gasteiger charge is -2.42. The van der Waals surface area contributed by atoms with E-state index < -0.39 is 23.7 Å². The van der Waals surface area contributed by atoms with Gasteiger partial charge in [-0.25, -0.2) is 0 Å². The highest BCUT2D eigenvalue weighted by Gasteiger charge is 2.54. The number of nitrogens with one attached hydrogen (secondary N) is 1. The van der Waals surface area contributed by atoms with E-state index >= 15 is 0 Å². The van der Waals surface area contributed by atoms with Gasteiger partial charge in [0.1, 0.15) is 11.5 Å². The molecule has 1 saturated heterocycles. The van der Waals surface area contributed by atoms with E-state index in [9.17, 15) is 24.3 Å². The monoisotopic (exact) mass is 483 g/mol. The molecule has 0 saturated carbocycles. The molecule has 2 N–H and O–H groups in total. The first-order valence-electron chi connectivity index (χ1n) is 9.93. The Morgan fingerprint density at radius 2 is 1.90 bits per heavy atom. The largest absolute Gasteiger partial charge is 0.507 e. The number of rotatable bonds is 2. The van der Waals surface area contributed by atoms with Crippen LogP contribution in [0.1, 0.15) is 24.3 Å². The van der Waals surface area contributed by atoms with E-state index in [0.29, 0.717) is 28.9 Å². The molecule has 1 fully saturated rings. The van der Waals surface area contributed by atoms with Gasteiger partial charge in [0, 0.05) is 28.7 Å². The summed E-state index contributed by atoms with van der Waals surface area (Å²) in [6, 6.07) is 4.81. The zero-order valence-corrected chi connectivity index (χ0v) is 18.1. The summed E-state index contributed by atoms with van der Waals surface area (Å²) in [5, 5.41) is 13.2. The second-order valence-electron chi connectivity index (χ2n) is 8.14. The van der Waals surface area contributed by atoms with Crippen molar-refractivity contribution in [3.8, 4) is 11.5 Å². The number of ether oxygens (including phenoxy) is 1. The Morgan fingerprint density at radius 3 is 2.65 bits per heavy atom. The third-order valence-electron chi connectivity index (χ3n) is 6.73. The standard InChI is InChI=1S/C23H18BrNO6/c1-31-16-4-2-3-14(26)20(16)19-9-5-6-10-17(23(30)25-22(10)29)11(9)7-12-18(19)15(27)8-13(24)21(12)28/h2-5,8,10-11,17,19,26H,6-7H2,1H3,(H,25,29,30)/t10-,11+,17-,19-/m0/s1. The lowest BCUT2D eigenvalue weighted by atomic mass is 9.59. The van der Waals surface area contributed by atoms with Crippen LogP contribution in [-0.4, -0.2) is 35.6 Å². The molecule has 1 heterocycles. The predicted octanol–water partition coefficient (Wildman–Crippen LogP) is 2.45. The molecular formula is C23H18BrNO6. The number of allylic oxidation sites excluding steroid dienone is 6. The van der Waals surface area contributed by atoms with Gasteiger partial charge in [-0.15, -0.1) is 0 Å². The van der Waals surface area contributed by atoms with Gasteiger partial charge >= 0.3 is 0 Å². The molecular weight excluding hydrogens is 466 g/mol. The summed E-state index contributed by atoms with van der Waals surface area (Å²) >= 11 is 3.18. The van der Waals surface area contributed by atoms with Crippen molar-refractivity contribution in [2.45, 2.75) is 18.8 Å².